The van der Waals surface area contributed by atoms with Crippen LogP contribution in [0.1, 0.15) is 12.8 Å². The van der Waals surface area contributed by atoms with E-state index in [9.17, 15) is 0 Å². The van der Waals surface area contributed by atoms with Gasteiger partial charge in [0.2, 0.25) is 0 Å². The van der Waals surface area contributed by atoms with Crippen molar-refractivity contribution in [2.75, 3.05) is 46.4 Å². The Balaban J connectivity index is 1.64. The molecule has 82 valence electrons. The van der Waals surface area contributed by atoms with Crippen LogP contribution in [0.25, 0.3) is 0 Å². The Kier molecular flexibility index (Phi) is 3.10. The molecule has 0 radical (unpaired) electrons. The summed E-state index contributed by atoms with van der Waals surface area (Å²) in [5, 5.41) is 0. The molecule has 0 unspecified atom stereocenters. The smallest absolute Gasteiger partial charge is 0.0474 e. The molecule has 2 aliphatic heterocycles. The second kappa shape index (κ2) is 4.17. The molecule has 0 bridgehead atoms. The fraction of sp³-hybridized carbons (Fsp3) is 0.909. The van der Waals surface area contributed by atoms with Crippen molar-refractivity contribution in [1.82, 2.24) is 9.80 Å². The first kappa shape index (κ1) is 10.4. The number of hydrogen-bond donors (Lipinski definition) is 0. The van der Waals surface area contributed by atoms with E-state index >= 15 is 0 Å². The minimum Gasteiger partial charge on any atom is -0.459 e. The van der Waals surface area contributed by atoms with E-state index in [1.807, 2.05) is 0 Å². The second-order valence-corrected chi connectivity index (χ2v) is 4.86. The van der Waals surface area contributed by atoms with Gasteiger partial charge in [0.1, 0.15) is 0 Å². The minimum absolute atomic E-state index is 0.606. The summed E-state index contributed by atoms with van der Waals surface area (Å²) in [5.74, 6) is 0. The van der Waals surface area contributed by atoms with Gasteiger partial charge in [-0.1, -0.05) is 0 Å². The predicted octanol–water partition coefficient (Wildman–Crippen LogP) is 0.822. The average Bonchev–Trinajstić information content (AvgIpc) is 2.47. The van der Waals surface area contributed by atoms with E-state index in [0.717, 1.165) is 6.61 Å². The fourth-order valence-corrected chi connectivity index (χ4v) is 2.78. The van der Waals surface area contributed by atoms with E-state index in [-0.39, 0.29) is 0 Å². The molecular formula is C11H21N2O-. The van der Waals surface area contributed by atoms with Gasteiger partial charge >= 0.3 is 0 Å². The molecule has 2 rings (SSSR count). The lowest BCUT2D eigenvalue weighted by atomic mass is 9.79. The zero-order valence-corrected chi connectivity index (χ0v) is 9.17. The molecule has 14 heavy (non-hydrogen) atoms. The van der Waals surface area contributed by atoms with Gasteiger partial charge in [0.25, 0.3) is 0 Å². The molecule has 0 aromatic carbocycles. The van der Waals surface area contributed by atoms with Crippen LogP contribution < -0.4 is 0 Å². The number of hydrogen-bond acceptors (Lipinski definition) is 3. The van der Waals surface area contributed by atoms with E-state index in [4.69, 9.17) is 4.74 Å². The normalized spacial score (nSPS) is 27.0. The highest BCUT2D eigenvalue weighted by Gasteiger charge is 2.44. The SMILES string of the molecule is [CH2-]N1CCC2(C1)CN(CCCOC)C2. The standard InChI is InChI=1S/C11H21N2O/c1-12-6-4-11(8-12)9-13(10-11)5-3-7-14-2/h1,3-10H2,2H3/q-1. The Morgan fingerprint density at radius 1 is 1.36 bits per heavy atom. The van der Waals surface area contributed by atoms with Crippen molar-refractivity contribution in [3.05, 3.63) is 7.05 Å². The average molecular weight is 197 g/mol. The molecule has 0 aliphatic carbocycles. The van der Waals surface area contributed by atoms with E-state index in [1.165, 1.54) is 45.6 Å². The van der Waals surface area contributed by atoms with Crippen LogP contribution in [-0.4, -0.2) is 56.2 Å². The molecule has 0 amide bonds. The lowest BCUT2D eigenvalue weighted by Crippen LogP contribution is -2.57. The van der Waals surface area contributed by atoms with Crippen LogP contribution in [0.2, 0.25) is 0 Å². The van der Waals surface area contributed by atoms with Crippen LogP contribution in [0, 0.1) is 12.5 Å². The van der Waals surface area contributed by atoms with Crippen molar-refractivity contribution < 1.29 is 4.74 Å². The largest absolute Gasteiger partial charge is 0.459 e. The molecule has 3 nitrogen and oxygen atoms in total. The predicted molar refractivity (Wildman–Crippen MR) is 56.9 cm³/mol. The Labute approximate surface area is 87.0 Å². The third kappa shape index (κ3) is 2.10. The summed E-state index contributed by atoms with van der Waals surface area (Å²) >= 11 is 0. The van der Waals surface area contributed by atoms with E-state index in [0.29, 0.717) is 5.41 Å². The van der Waals surface area contributed by atoms with Crippen LogP contribution in [0.4, 0.5) is 0 Å². The van der Waals surface area contributed by atoms with Gasteiger partial charge in [0.05, 0.1) is 0 Å². The quantitative estimate of drug-likeness (QED) is 0.490. The Hall–Kier alpha value is -0.120. The minimum atomic E-state index is 0.606. The highest BCUT2D eigenvalue weighted by atomic mass is 16.5. The van der Waals surface area contributed by atoms with Gasteiger partial charge in [-0.15, -0.1) is 0 Å². The van der Waals surface area contributed by atoms with Gasteiger partial charge in [-0.3, -0.25) is 7.05 Å². The van der Waals surface area contributed by atoms with Crippen LogP contribution >= 0.6 is 0 Å². The number of nitrogens with zero attached hydrogens (tertiary/aromatic N) is 2. The summed E-state index contributed by atoms with van der Waals surface area (Å²) in [5.41, 5.74) is 0.606. The highest BCUT2D eigenvalue weighted by molar-refractivity contribution is 5.00. The first-order valence-electron chi connectivity index (χ1n) is 5.51. The molecule has 0 aromatic heterocycles. The number of rotatable bonds is 4. The second-order valence-electron chi connectivity index (χ2n) is 4.86. The molecule has 0 N–H and O–H groups in total. The molecule has 3 heteroatoms. The number of methoxy groups -OCH3 is 1. The third-order valence-electron chi connectivity index (χ3n) is 3.46. The highest BCUT2D eigenvalue weighted by Crippen LogP contribution is 2.38. The van der Waals surface area contributed by atoms with Crippen molar-refractivity contribution in [1.29, 1.82) is 0 Å². The molecule has 2 fully saturated rings. The van der Waals surface area contributed by atoms with Gasteiger partial charge < -0.3 is 14.5 Å². The summed E-state index contributed by atoms with van der Waals surface area (Å²) in [4.78, 5) is 4.75. The zero-order chi connectivity index (χ0) is 10.0. The number of ether oxygens (including phenoxy) is 1. The van der Waals surface area contributed by atoms with Crippen molar-refractivity contribution in [2.45, 2.75) is 12.8 Å². The van der Waals surface area contributed by atoms with Gasteiger partial charge in [-0.25, -0.2) is 0 Å². The Morgan fingerprint density at radius 3 is 2.71 bits per heavy atom. The monoisotopic (exact) mass is 197 g/mol. The molecule has 2 heterocycles. The van der Waals surface area contributed by atoms with E-state index < -0.39 is 0 Å². The van der Waals surface area contributed by atoms with Gasteiger partial charge in [-0.2, -0.15) is 0 Å². The van der Waals surface area contributed by atoms with Gasteiger partial charge in [0, 0.05) is 38.8 Å². The van der Waals surface area contributed by atoms with Crippen LogP contribution in [0.15, 0.2) is 0 Å². The first-order chi connectivity index (χ1) is 6.74. The number of likely N-dealkylation sites (tertiary alicyclic amines) is 2. The molecule has 0 aromatic rings. The maximum Gasteiger partial charge on any atom is 0.0474 e. The summed E-state index contributed by atoms with van der Waals surface area (Å²) < 4.78 is 5.05. The molecule has 1 spiro atoms. The molecule has 0 atom stereocenters. The van der Waals surface area contributed by atoms with E-state index in [2.05, 4.69) is 16.8 Å². The van der Waals surface area contributed by atoms with Crippen LogP contribution in [-0.2, 0) is 4.74 Å². The Morgan fingerprint density at radius 2 is 2.14 bits per heavy atom. The summed E-state index contributed by atoms with van der Waals surface area (Å²) in [6, 6.07) is 0. The lowest BCUT2D eigenvalue weighted by molar-refractivity contribution is 0.00605. The molecule has 2 aliphatic rings. The van der Waals surface area contributed by atoms with E-state index in [1.54, 1.807) is 7.11 Å². The molecular weight excluding hydrogens is 176 g/mol. The fourth-order valence-electron chi connectivity index (χ4n) is 2.78. The lowest BCUT2D eigenvalue weighted by Gasteiger charge is -2.49. The third-order valence-corrected chi connectivity index (χ3v) is 3.46. The maximum atomic E-state index is 5.05. The van der Waals surface area contributed by atoms with Crippen LogP contribution in [0.3, 0.4) is 0 Å². The van der Waals surface area contributed by atoms with Crippen molar-refractivity contribution in [3.8, 4) is 0 Å². The van der Waals surface area contributed by atoms with Crippen molar-refractivity contribution in [2.24, 2.45) is 5.41 Å². The molecule has 0 saturated carbocycles. The van der Waals surface area contributed by atoms with Crippen molar-refractivity contribution in [3.63, 3.8) is 0 Å². The molecule has 2 saturated heterocycles. The van der Waals surface area contributed by atoms with Crippen molar-refractivity contribution >= 4 is 0 Å². The maximum absolute atomic E-state index is 5.05. The topological polar surface area (TPSA) is 15.7 Å². The summed E-state index contributed by atoms with van der Waals surface area (Å²) in [6.07, 6.45) is 2.51. The summed E-state index contributed by atoms with van der Waals surface area (Å²) in [6.45, 7) is 7.04. The zero-order valence-electron chi connectivity index (χ0n) is 9.17. The first-order valence-corrected chi connectivity index (χ1v) is 5.51. The van der Waals surface area contributed by atoms with Gasteiger partial charge in [-0.05, 0) is 25.9 Å². The Bertz CT molecular complexity index is 190. The van der Waals surface area contributed by atoms with Crippen LogP contribution in [0.5, 0.6) is 0 Å². The summed E-state index contributed by atoms with van der Waals surface area (Å²) in [7, 11) is 5.78. The van der Waals surface area contributed by atoms with Gasteiger partial charge in [0.15, 0.2) is 0 Å².